The van der Waals surface area contributed by atoms with Crippen molar-refractivity contribution >= 4 is 9.84 Å². The highest BCUT2D eigenvalue weighted by atomic mass is 32.2. The van der Waals surface area contributed by atoms with Gasteiger partial charge in [0.2, 0.25) is 0 Å². The molecule has 0 spiro atoms. The van der Waals surface area contributed by atoms with Crippen molar-refractivity contribution in [3.8, 4) is 11.5 Å². The van der Waals surface area contributed by atoms with Crippen LogP contribution >= 0.6 is 0 Å². The molecule has 0 radical (unpaired) electrons. The Bertz CT molecular complexity index is 490. The lowest BCUT2D eigenvalue weighted by Gasteiger charge is -2.15. The number of hydrogen-bond acceptors (Lipinski definition) is 5. The SMILES string of the molecule is CCOc1cccc(CCN)c1OCCS(=O)(=O)CC. The van der Waals surface area contributed by atoms with E-state index in [2.05, 4.69) is 0 Å². The number of rotatable bonds is 9. The molecule has 0 saturated heterocycles. The summed E-state index contributed by atoms with van der Waals surface area (Å²) >= 11 is 0. The molecule has 0 amide bonds. The Morgan fingerprint density at radius 1 is 1.20 bits per heavy atom. The third kappa shape index (κ3) is 5.02. The summed E-state index contributed by atoms with van der Waals surface area (Å²) in [4.78, 5) is 0. The van der Waals surface area contributed by atoms with Gasteiger partial charge in [0.25, 0.3) is 0 Å². The second-order valence-corrected chi connectivity index (χ2v) is 6.77. The van der Waals surface area contributed by atoms with Gasteiger partial charge >= 0.3 is 0 Å². The van der Waals surface area contributed by atoms with Gasteiger partial charge in [-0.3, -0.25) is 0 Å². The molecule has 0 bridgehead atoms. The topological polar surface area (TPSA) is 78.6 Å². The monoisotopic (exact) mass is 301 g/mol. The molecule has 114 valence electrons. The first-order chi connectivity index (χ1) is 9.54. The molecule has 0 atom stereocenters. The van der Waals surface area contributed by atoms with Crippen molar-refractivity contribution in [3.05, 3.63) is 23.8 Å². The molecule has 1 aromatic rings. The van der Waals surface area contributed by atoms with Gasteiger partial charge in [0.1, 0.15) is 6.61 Å². The van der Waals surface area contributed by atoms with Crippen LogP contribution in [0.15, 0.2) is 18.2 Å². The normalized spacial score (nSPS) is 11.3. The first-order valence-corrected chi connectivity index (χ1v) is 8.64. The summed E-state index contributed by atoms with van der Waals surface area (Å²) in [6.45, 7) is 4.66. The highest BCUT2D eigenvalue weighted by Crippen LogP contribution is 2.31. The molecule has 0 saturated carbocycles. The lowest BCUT2D eigenvalue weighted by atomic mass is 10.1. The molecular formula is C14H23NO4S. The molecule has 5 nitrogen and oxygen atoms in total. The lowest BCUT2D eigenvalue weighted by molar-refractivity contribution is 0.286. The van der Waals surface area contributed by atoms with Crippen LogP contribution in [0.4, 0.5) is 0 Å². The minimum Gasteiger partial charge on any atom is -0.490 e. The van der Waals surface area contributed by atoms with Crippen LogP contribution in [0.3, 0.4) is 0 Å². The highest BCUT2D eigenvalue weighted by Gasteiger charge is 2.13. The van der Waals surface area contributed by atoms with Crippen molar-refractivity contribution in [2.45, 2.75) is 20.3 Å². The van der Waals surface area contributed by atoms with Gasteiger partial charge in [-0.2, -0.15) is 0 Å². The maximum absolute atomic E-state index is 11.5. The molecule has 1 rings (SSSR count). The van der Waals surface area contributed by atoms with Crippen molar-refractivity contribution in [3.63, 3.8) is 0 Å². The van der Waals surface area contributed by atoms with E-state index < -0.39 is 9.84 Å². The summed E-state index contributed by atoms with van der Waals surface area (Å²) < 4.78 is 34.1. The summed E-state index contributed by atoms with van der Waals surface area (Å²) in [7, 11) is -3.03. The molecule has 6 heteroatoms. The minimum absolute atomic E-state index is 0.00598. The van der Waals surface area contributed by atoms with Crippen LogP contribution in [-0.2, 0) is 16.3 Å². The zero-order valence-electron chi connectivity index (χ0n) is 12.1. The molecule has 0 aliphatic rings. The van der Waals surface area contributed by atoms with Gasteiger partial charge in [0, 0.05) is 5.75 Å². The van der Waals surface area contributed by atoms with Gasteiger partial charge < -0.3 is 15.2 Å². The molecule has 0 unspecified atom stereocenters. The van der Waals surface area contributed by atoms with Crippen LogP contribution < -0.4 is 15.2 Å². The van der Waals surface area contributed by atoms with Gasteiger partial charge in [-0.25, -0.2) is 8.42 Å². The molecule has 1 aromatic carbocycles. The molecule has 0 heterocycles. The average Bonchev–Trinajstić information content (AvgIpc) is 2.42. The molecule has 0 aliphatic carbocycles. The van der Waals surface area contributed by atoms with E-state index >= 15 is 0 Å². The summed E-state index contributed by atoms with van der Waals surface area (Å²) in [5.74, 6) is 1.36. The smallest absolute Gasteiger partial charge is 0.164 e. The predicted octanol–water partition coefficient (Wildman–Crippen LogP) is 1.40. The van der Waals surface area contributed by atoms with Gasteiger partial charge in [0.05, 0.1) is 12.4 Å². The van der Waals surface area contributed by atoms with Crippen molar-refractivity contribution < 1.29 is 17.9 Å². The Kier molecular flexibility index (Phi) is 6.81. The molecule has 0 aromatic heterocycles. The zero-order chi connectivity index (χ0) is 15.0. The number of sulfone groups is 1. The standard InChI is InChI=1S/C14H23NO4S/c1-3-18-13-7-5-6-12(8-9-15)14(13)19-10-11-20(16,17)4-2/h5-7H,3-4,8-11,15H2,1-2H3. The van der Waals surface area contributed by atoms with Crippen molar-refractivity contribution in [2.24, 2.45) is 5.73 Å². The number of hydrogen-bond donors (Lipinski definition) is 1. The Hall–Kier alpha value is -1.27. The molecule has 0 fully saturated rings. The van der Waals surface area contributed by atoms with E-state index in [0.717, 1.165) is 5.56 Å². The van der Waals surface area contributed by atoms with Crippen LogP contribution in [-0.4, -0.2) is 39.7 Å². The maximum Gasteiger partial charge on any atom is 0.164 e. The first kappa shape index (κ1) is 16.8. The second kappa shape index (κ2) is 8.11. The molecule has 0 aliphatic heterocycles. The third-order valence-corrected chi connectivity index (χ3v) is 4.52. The lowest BCUT2D eigenvalue weighted by Crippen LogP contribution is -2.17. The predicted molar refractivity (Wildman–Crippen MR) is 80.2 cm³/mol. The van der Waals surface area contributed by atoms with Crippen molar-refractivity contribution in [2.75, 3.05) is 31.3 Å². The average molecular weight is 301 g/mol. The Morgan fingerprint density at radius 2 is 1.95 bits per heavy atom. The van der Waals surface area contributed by atoms with Crippen LogP contribution in [0.25, 0.3) is 0 Å². The van der Waals surface area contributed by atoms with Crippen LogP contribution in [0.5, 0.6) is 11.5 Å². The Labute approximate surface area is 121 Å². The van der Waals surface area contributed by atoms with Gasteiger partial charge in [-0.15, -0.1) is 0 Å². The van der Waals surface area contributed by atoms with Gasteiger partial charge in [-0.1, -0.05) is 19.1 Å². The van der Waals surface area contributed by atoms with E-state index in [1.54, 1.807) is 6.92 Å². The fourth-order valence-corrected chi connectivity index (χ4v) is 2.39. The number of benzene rings is 1. The Morgan fingerprint density at radius 3 is 2.55 bits per heavy atom. The second-order valence-electron chi connectivity index (χ2n) is 4.30. The van der Waals surface area contributed by atoms with Crippen molar-refractivity contribution in [1.29, 1.82) is 0 Å². The first-order valence-electron chi connectivity index (χ1n) is 6.82. The summed E-state index contributed by atoms with van der Waals surface area (Å²) in [5, 5.41) is 0. The van der Waals surface area contributed by atoms with Gasteiger partial charge in [-0.05, 0) is 31.5 Å². The quantitative estimate of drug-likeness (QED) is 0.746. The molecular weight excluding hydrogens is 278 g/mol. The van der Waals surface area contributed by atoms with E-state index in [1.807, 2.05) is 25.1 Å². The number of nitrogens with two attached hydrogens (primary N) is 1. The maximum atomic E-state index is 11.5. The van der Waals surface area contributed by atoms with Crippen molar-refractivity contribution in [1.82, 2.24) is 0 Å². The summed E-state index contributed by atoms with van der Waals surface area (Å²) in [6, 6.07) is 5.61. The number of ether oxygens (including phenoxy) is 2. The Balaban J connectivity index is 2.84. The molecule has 20 heavy (non-hydrogen) atoms. The summed E-state index contributed by atoms with van der Waals surface area (Å²) in [6.07, 6.45) is 0.663. The van der Waals surface area contributed by atoms with E-state index in [0.29, 0.717) is 31.1 Å². The van der Waals surface area contributed by atoms with Crippen LogP contribution in [0, 0.1) is 0 Å². The van der Waals surface area contributed by atoms with E-state index in [1.165, 1.54) is 0 Å². The van der Waals surface area contributed by atoms with E-state index in [-0.39, 0.29) is 18.1 Å². The summed E-state index contributed by atoms with van der Waals surface area (Å²) in [5.41, 5.74) is 6.52. The largest absolute Gasteiger partial charge is 0.490 e. The van der Waals surface area contributed by atoms with E-state index in [4.69, 9.17) is 15.2 Å². The van der Waals surface area contributed by atoms with Crippen LogP contribution in [0.2, 0.25) is 0 Å². The zero-order valence-corrected chi connectivity index (χ0v) is 12.9. The van der Waals surface area contributed by atoms with Gasteiger partial charge in [0.15, 0.2) is 21.3 Å². The molecule has 2 N–H and O–H groups in total. The fraction of sp³-hybridized carbons (Fsp3) is 0.571. The minimum atomic E-state index is -3.03. The number of para-hydroxylation sites is 1. The third-order valence-electron chi connectivity index (χ3n) is 2.85. The van der Waals surface area contributed by atoms with Crippen LogP contribution in [0.1, 0.15) is 19.4 Å². The fourth-order valence-electron chi connectivity index (χ4n) is 1.76. The highest BCUT2D eigenvalue weighted by molar-refractivity contribution is 7.91. The van der Waals surface area contributed by atoms with E-state index in [9.17, 15) is 8.42 Å².